The van der Waals surface area contributed by atoms with Crippen LogP contribution in [0.1, 0.15) is 49.4 Å². The van der Waals surface area contributed by atoms with Crippen molar-refractivity contribution < 1.29 is 4.79 Å². The second kappa shape index (κ2) is 6.23. The maximum atomic E-state index is 12.2. The number of amides is 1. The minimum Gasteiger partial charge on any atom is -0.396 e. The number of nitrogens with two attached hydrogens (primary N) is 1. The fraction of sp³-hybridized carbons (Fsp3) is 0.533. The summed E-state index contributed by atoms with van der Waals surface area (Å²) in [6, 6.07) is 3.12. The van der Waals surface area contributed by atoms with Gasteiger partial charge in [-0.25, -0.2) is 0 Å². The molecule has 1 saturated carbocycles. The lowest BCUT2D eigenvalue weighted by Crippen LogP contribution is -2.35. The van der Waals surface area contributed by atoms with Crippen molar-refractivity contribution in [3.63, 3.8) is 0 Å². The molecule has 5 heteroatoms. The standard InChI is InChI=1S/C15H20Cl2N2O/c1-2-15(5-3-4-6-15)9-19-14(20)10-7-11(16)13(18)12(17)8-10/h7-8H,2-6,9,18H2,1H3,(H,19,20). The van der Waals surface area contributed by atoms with Crippen molar-refractivity contribution in [3.8, 4) is 0 Å². The molecular weight excluding hydrogens is 295 g/mol. The Morgan fingerprint density at radius 3 is 2.35 bits per heavy atom. The van der Waals surface area contributed by atoms with E-state index in [9.17, 15) is 4.79 Å². The Morgan fingerprint density at radius 2 is 1.85 bits per heavy atom. The van der Waals surface area contributed by atoms with E-state index in [4.69, 9.17) is 28.9 Å². The first kappa shape index (κ1) is 15.5. The molecule has 0 unspecified atom stereocenters. The zero-order valence-electron chi connectivity index (χ0n) is 11.6. The van der Waals surface area contributed by atoms with Gasteiger partial charge in [-0.05, 0) is 36.8 Å². The predicted octanol–water partition coefficient (Wildman–Crippen LogP) is 4.28. The highest BCUT2D eigenvalue weighted by Gasteiger charge is 2.32. The largest absolute Gasteiger partial charge is 0.396 e. The van der Waals surface area contributed by atoms with Gasteiger partial charge in [-0.1, -0.05) is 43.0 Å². The van der Waals surface area contributed by atoms with Crippen LogP contribution in [0.3, 0.4) is 0 Å². The molecule has 0 radical (unpaired) electrons. The minimum absolute atomic E-state index is 0.145. The lowest BCUT2D eigenvalue weighted by atomic mass is 9.83. The molecule has 0 heterocycles. The minimum atomic E-state index is -0.145. The molecule has 1 aliphatic carbocycles. The van der Waals surface area contributed by atoms with Crippen LogP contribution in [0, 0.1) is 5.41 Å². The number of nitrogens with one attached hydrogen (secondary N) is 1. The van der Waals surface area contributed by atoms with Gasteiger partial charge in [0.05, 0.1) is 15.7 Å². The summed E-state index contributed by atoms with van der Waals surface area (Å²) in [6.07, 6.45) is 5.98. The van der Waals surface area contributed by atoms with Gasteiger partial charge < -0.3 is 11.1 Å². The summed E-state index contributed by atoms with van der Waals surface area (Å²) < 4.78 is 0. The monoisotopic (exact) mass is 314 g/mol. The number of benzene rings is 1. The molecule has 20 heavy (non-hydrogen) atoms. The molecule has 1 amide bonds. The molecule has 1 aromatic carbocycles. The van der Waals surface area contributed by atoms with Crippen LogP contribution in [0.2, 0.25) is 10.0 Å². The van der Waals surface area contributed by atoms with E-state index in [-0.39, 0.29) is 11.3 Å². The first-order valence-corrected chi connectivity index (χ1v) is 7.76. The molecule has 0 saturated heterocycles. The van der Waals surface area contributed by atoms with Crippen LogP contribution >= 0.6 is 23.2 Å². The first-order chi connectivity index (χ1) is 9.47. The van der Waals surface area contributed by atoms with Gasteiger partial charge in [-0.15, -0.1) is 0 Å². The highest BCUT2D eigenvalue weighted by Crippen LogP contribution is 2.40. The van der Waals surface area contributed by atoms with E-state index in [0.29, 0.717) is 27.8 Å². The Labute approximate surface area is 129 Å². The molecule has 0 atom stereocenters. The summed E-state index contributed by atoms with van der Waals surface area (Å²) in [5.74, 6) is -0.145. The Hall–Kier alpha value is -0.930. The Bertz CT molecular complexity index is 488. The quantitative estimate of drug-likeness (QED) is 0.815. The fourth-order valence-corrected chi connectivity index (χ4v) is 3.35. The van der Waals surface area contributed by atoms with E-state index < -0.39 is 0 Å². The van der Waals surface area contributed by atoms with E-state index in [2.05, 4.69) is 12.2 Å². The highest BCUT2D eigenvalue weighted by molar-refractivity contribution is 6.39. The first-order valence-electron chi connectivity index (χ1n) is 7.00. The molecule has 2 rings (SSSR count). The zero-order valence-corrected chi connectivity index (χ0v) is 13.2. The van der Waals surface area contributed by atoms with Crippen molar-refractivity contribution in [3.05, 3.63) is 27.7 Å². The third-order valence-corrected chi connectivity index (χ3v) is 5.00. The van der Waals surface area contributed by atoms with Crippen LogP contribution in [-0.4, -0.2) is 12.5 Å². The number of anilines is 1. The summed E-state index contributed by atoms with van der Waals surface area (Å²) in [5.41, 5.74) is 6.70. The number of nitrogen functional groups attached to an aromatic ring is 1. The SMILES string of the molecule is CCC1(CNC(=O)c2cc(Cl)c(N)c(Cl)c2)CCCC1. The molecule has 0 aliphatic heterocycles. The van der Waals surface area contributed by atoms with Crippen LogP contribution in [-0.2, 0) is 0 Å². The van der Waals surface area contributed by atoms with E-state index in [1.165, 1.54) is 25.7 Å². The maximum Gasteiger partial charge on any atom is 0.251 e. The van der Waals surface area contributed by atoms with Gasteiger partial charge in [0, 0.05) is 12.1 Å². The predicted molar refractivity (Wildman–Crippen MR) is 84.4 cm³/mol. The van der Waals surface area contributed by atoms with Gasteiger partial charge >= 0.3 is 0 Å². The topological polar surface area (TPSA) is 55.1 Å². The molecule has 0 aromatic heterocycles. The molecule has 1 aliphatic rings. The van der Waals surface area contributed by atoms with Gasteiger partial charge in [0.15, 0.2) is 0 Å². The average Bonchev–Trinajstić information content (AvgIpc) is 2.91. The summed E-state index contributed by atoms with van der Waals surface area (Å²) in [7, 11) is 0. The number of rotatable bonds is 4. The number of hydrogen-bond donors (Lipinski definition) is 2. The van der Waals surface area contributed by atoms with Crippen LogP contribution in [0.15, 0.2) is 12.1 Å². The fourth-order valence-electron chi connectivity index (χ4n) is 2.87. The van der Waals surface area contributed by atoms with Gasteiger partial charge in [0.2, 0.25) is 0 Å². The third kappa shape index (κ3) is 3.21. The second-order valence-electron chi connectivity index (χ2n) is 5.60. The van der Waals surface area contributed by atoms with E-state index in [1.807, 2.05) is 0 Å². The number of carbonyl (C=O) groups is 1. The molecule has 3 N–H and O–H groups in total. The molecule has 3 nitrogen and oxygen atoms in total. The van der Waals surface area contributed by atoms with Crippen LogP contribution < -0.4 is 11.1 Å². The van der Waals surface area contributed by atoms with Crippen molar-refractivity contribution >= 4 is 34.8 Å². The molecule has 1 aromatic rings. The van der Waals surface area contributed by atoms with Crippen molar-refractivity contribution in [2.75, 3.05) is 12.3 Å². The van der Waals surface area contributed by atoms with Gasteiger partial charge in [0.1, 0.15) is 0 Å². The molecule has 0 bridgehead atoms. The van der Waals surface area contributed by atoms with Gasteiger partial charge in [-0.3, -0.25) is 4.79 Å². The Morgan fingerprint density at radius 1 is 1.30 bits per heavy atom. The summed E-state index contributed by atoms with van der Waals surface area (Å²) in [5, 5.41) is 3.64. The summed E-state index contributed by atoms with van der Waals surface area (Å²) in [6.45, 7) is 2.90. The van der Waals surface area contributed by atoms with E-state index in [1.54, 1.807) is 12.1 Å². The summed E-state index contributed by atoms with van der Waals surface area (Å²) >= 11 is 11.9. The summed E-state index contributed by atoms with van der Waals surface area (Å²) in [4.78, 5) is 12.2. The van der Waals surface area contributed by atoms with Crippen molar-refractivity contribution in [1.82, 2.24) is 5.32 Å². The van der Waals surface area contributed by atoms with E-state index in [0.717, 1.165) is 6.42 Å². The van der Waals surface area contributed by atoms with Crippen molar-refractivity contribution in [2.24, 2.45) is 5.41 Å². The number of halogens is 2. The van der Waals surface area contributed by atoms with Crippen LogP contribution in [0.4, 0.5) is 5.69 Å². The number of hydrogen-bond acceptors (Lipinski definition) is 2. The lowest BCUT2D eigenvalue weighted by Gasteiger charge is -2.27. The van der Waals surface area contributed by atoms with Crippen LogP contribution in [0.5, 0.6) is 0 Å². The smallest absolute Gasteiger partial charge is 0.251 e. The molecule has 1 fully saturated rings. The number of carbonyl (C=O) groups excluding carboxylic acids is 1. The Balaban J connectivity index is 2.05. The zero-order chi connectivity index (χ0) is 14.8. The molecule has 0 spiro atoms. The van der Waals surface area contributed by atoms with Crippen molar-refractivity contribution in [2.45, 2.75) is 39.0 Å². The van der Waals surface area contributed by atoms with Crippen molar-refractivity contribution in [1.29, 1.82) is 0 Å². The molecule has 110 valence electrons. The van der Waals surface area contributed by atoms with Gasteiger partial charge in [-0.2, -0.15) is 0 Å². The van der Waals surface area contributed by atoms with E-state index >= 15 is 0 Å². The highest BCUT2D eigenvalue weighted by atomic mass is 35.5. The van der Waals surface area contributed by atoms with Gasteiger partial charge in [0.25, 0.3) is 5.91 Å². The Kier molecular flexibility index (Phi) is 4.82. The second-order valence-corrected chi connectivity index (χ2v) is 6.41. The third-order valence-electron chi connectivity index (χ3n) is 4.38. The maximum absolute atomic E-state index is 12.2. The normalized spacial score (nSPS) is 17.1. The van der Waals surface area contributed by atoms with Crippen LogP contribution in [0.25, 0.3) is 0 Å². The lowest BCUT2D eigenvalue weighted by molar-refractivity contribution is 0.0929. The average molecular weight is 315 g/mol. The molecular formula is C15H20Cl2N2O.